The number of rotatable bonds is 8. The lowest BCUT2D eigenvalue weighted by molar-refractivity contribution is -0.266. The Labute approximate surface area is 194 Å². The van der Waals surface area contributed by atoms with Gasteiger partial charge in [0.1, 0.15) is 11.6 Å². The first kappa shape index (κ1) is 25.6. The molecule has 0 amide bonds. The Morgan fingerprint density at radius 1 is 1.12 bits per heavy atom. The molecular formula is C25H27F4NO4. The zero-order valence-corrected chi connectivity index (χ0v) is 19.3. The summed E-state index contributed by atoms with van der Waals surface area (Å²) in [5.41, 5.74) is -3.51. The number of benzene rings is 2. The van der Waals surface area contributed by atoms with Crippen LogP contribution >= 0.6 is 0 Å². The van der Waals surface area contributed by atoms with Crippen LogP contribution in [-0.4, -0.2) is 41.6 Å². The molecule has 1 heterocycles. The van der Waals surface area contributed by atoms with Crippen LogP contribution in [0.4, 0.5) is 17.6 Å². The highest BCUT2D eigenvalue weighted by Crippen LogP contribution is 2.45. The van der Waals surface area contributed by atoms with Crippen LogP contribution in [0.3, 0.4) is 0 Å². The third-order valence-corrected chi connectivity index (χ3v) is 5.85. The summed E-state index contributed by atoms with van der Waals surface area (Å²) in [6, 6.07) is 9.75. The molecule has 0 spiro atoms. The standard InChI is InChI=1S/C25H27F4NO4/c1-5-34-22(31)17-7-6-8-20-18(17)12-16(30-20)13-24(32,25(27,28)29)14-23(2,3)19-11-15(26)9-10-21(19)33-4/h6-12,30,32H,5,13-14H2,1-4H3. The molecule has 9 heteroatoms. The summed E-state index contributed by atoms with van der Waals surface area (Å²) in [6.07, 6.45) is -6.55. The van der Waals surface area contributed by atoms with E-state index in [1.807, 2.05) is 0 Å². The Kier molecular flexibility index (Phi) is 6.98. The number of ether oxygens (including phenoxy) is 2. The van der Waals surface area contributed by atoms with Crippen LogP contribution in [0.15, 0.2) is 42.5 Å². The van der Waals surface area contributed by atoms with Crippen molar-refractivity contribution in [2.24, 2.45) is 0 Å². The molecular weight excluding hydrogens is 454 g/mol. The van der Waals surface area contributed by atoms with Crippen molar-refractivity contribution in [2.75, 3.05) is 13.7 Å². The van der Waals surface area contributed by atoms with Crippen LogP contribution < -0.4 is 4.74 Å². The molecule has 0 aliphatic carbocycles. The summed E-state index contributed by atoms with van der Waals surface area (Å²) >= 11 is 0. The number of aromatic nitrogens is 1. The molecule has 3 rings (SSSR count). The van der Waals surface area contributed by atoms with Gasteiger partial charge in [-0.2, -0.15) is 13.2 Å². The molecule has 0 saturated carbocycles. The van der Waals surface area contributed by atoms with E-state index in [0.717, 1.165) is 12.1 Å². The topological polar surface area (TPSA) is 71.6 Å². The number of fused-ring (bicyclic) bond motifs is 1. The number of aliphatic hydroxyl groups is 1. The van der Waals surface area contributed by atoms with E-state index in [0.29, 0.717) is 10.9 Å². The Morgan fingerprint density at radius 2 is 1.82 bits per heavy atom. The van der Waals surface area contributed by atoms with Crippen molar-refractivity contribution < 1.29 is 36.9 Å². The molecule has 0 bridgehead atoms. The number of aromatic amines is 1. The van der Waals surface area contributed by atoms with Gasteiger partial charge in [0.05, 0.1) is 19.3 Å². The quantitative estimate of drug-likeness (QED) is 0.320. The molecule has 0 radical (unpaired) electrons. The SMILES string of the molecule is CCOC(=O)c1cccc2[nH]c(CC(O)(CC(C)(C)c3cc(F)ccc3OC)C(F)(F)F)cc12. The molecule has 0 aliphatic rings. The van der Waals surface area contributed by atoms with Crippen molar-refractivity contribution in [2.45, 2.75) is 50.8 Å². The lowest BCUT2D eigenvalue weighted by atomic mass is 9.73. The Bertz CT molecular complexity index is 1190. The van der Waals surface area contributed by atoms with Gasteiger partial charge < -0.3 is 19.6 Å². The van der Waals surface area contributed by atoms with Crippen molar-refractivity contribution in [3.05, 3.63) is 65.1 Å². The van der Waals surface area contributed by atoms with E-state index >= 15 is 0 Å². The number of nitrogens with one attached hydrogen (secondary N) is 1. The molecule has 0 saturated heterocycles. The van der Waals surface area contributed by atoms with Gasteiger partial charge in [0, 0.05) is 28.6 Å². The number of esters is 1. The van der Waals surface area contributed by atoms with Crippen LogP contribution in [-0.2, 0) is 16.6 Å². The predicted molar refractivity (Wildman–Crippen MR) is 120 cm³/mol. The van der Waals surface area contributed by atoms with Gasteiger partial charge in [0.25, 0.3) is 0 Å². The second kappa shape index (κ2) is 9.29. The summed E-state index contributed by atoms with van der Waals surface area (Å²) < 4.78 is 66.8. The van der Waals surface area contributed by atoms with Gasteiger partial charge in [-0.25, -0.2) is 9.18 Å². The smallest absolute Gasteiger partial charge is 0.417 e. The summed E-state index contributed by atoms with van der Waals surface area (Å²) in [7, 11) is 1.34. The monoisotopic (exact) mass is 481 g/mol. The molecule has 0 aliphatic heterocycles. The molecule has 3 aromatic rings. The first-order chi connectivity index (χ1) is 15.8. The number of methoxy groups -OCH3 is 1. The van der Waals surface area contributed by atoms with E-state index in [1.54, 1.807) is 19.1 Å². The minimum absolute atomic E-state index is 0.0913. The molecule has 1 aromatic heterocycles. The molecule has 1 atom stereocenters. The van der Waals surface area contributed by atoms with Crippen molar-refractivity contribution in [3.8, 4) is 5.75 Å². The van der Waals surface area contributed by atoms with Gasteiger partial charge in [-0.05, 0) is 55.2 Å². The van der Waals surface area contributed by atoms with Crippen molar-refractivity contribution >= 4 is 16.9 Å². The van der Waals surface area contributed by atoms with E-state index in [9.17, 15) is 27.5 Å². The van der Waals surface area contributed by atoms with E-state index in [1.165, 1.54) is 39.2 Å². The van der Waals surface area contributed by atoms with Gasteiger partial charge >= 0.3 is 12.1 Å². The molecule has 34 heavy (non-hydrogen) atoms. The van der Waals surface area contributed by atoms with Crippen LogP contribution in [0.1, 0.15) is 48.8 Å². The van der Waals surface area contributed by atoms with Gasteiger partial charge in [-0.3, -0.25) is 0 Å². The number of alkyl halides is 3. The Balaban J connectivity index is 2.01. The average molecular weight is 481 g/mol. The van der Waals surface area contributed by atoms with Gasteiger partial charge in [-0.15, -0.1) is 0 Å². The summed E-state index contributed by atoms with van der Waals surface area (Å²) in [5.74, 6) is -0.994. The first-order valence-corrected chi connectivity index (χ1v) is 10.7. The predicted octanol–water partition coefficient (Wildman–Crippen LogP) is 5.70. The van der Waals surface area contributed by atoms with Crippen molar-refractivity contribution in [3.63, 3.8) is 0 Å². The van der Waals surface area contributed by atoms with E-state index in [4.69, 9.17) is 9.47 Å². The fourth-order valence-corrected chi connectivity index (χ4v) is 4.31. The van der Waals surface area contributed by atoms with Crippen molar-refractivity contribution in [1.82, 2.24) is 4.98 Å². The maximum Gasteiger partial charge on any atom is 0.417 e. The zero-order valence-electron chi connectivity index (χ0n) is 19.3. The third-order valence-electron chi connectivity index (χ3n) is 5.85. The van der Waals surface area contributed by atoms with Crippen LogP contribution in [0.5, 0.6) is 5.75 Å². The van der Waals surface area contributed by atoms with E-state index < -0.39 is 41.8 Å². The largest absolute Gasteiger partial charge is 0.496 e. The number of carbonyl (C=O) groups excluding carboxylic acids is 1. The highest BCUT2D eigenvalue weighted by Gasteiger charge is 2.56. The van der Waals surface area contributed by atoms with E-state index in [-0.39, 0.29) is 29.2 Å². The molecule has 5 nitrogen and oxygen atoms in total. The molecule has 2 N–H and O–H groups in total. The van der Waals surface area contributed by atoms with Gasteiger partial charge in [-0.1, -0.05) is 19.9 Å². The van der Waals surface area contributed by atoms with Gasteiger partial charge in [0.2, 0.25) is 0 Å². The fraction of sp³-hybridized carbons (Fsp3) is 0.400. The Morgan fingerprint density at radius 3 is 2.44 bits per heavy atom. The molecule has 0 fully saturated rings. The van der Waals surface area contributed by atoms with Crippen LogP contribution in [0.25, 0.3) is 10.9 Å². The number of carbonyl (C=O) groups is 1. The van der Waals surface area contributed by atoms with Crippen molar-refractivity contribution in [1.29, 1.82) is 0 Å². The number of hydrogen-bond acceptors (Lipinski definition) is 4. The number of H-pyrrole nitrogens is 1. The minimum atomic E-state index is -4.99. The zero-order chi connectivity index (χ0) is 25.3. The molecule has 1 unspecified atom stereocenters. The van der Waals surface area contributed by atoms with E-state index in [2.05, 4.69) is 4.98 Å². The van der Waals surface area contributed by atoms with Gasteiger partial charge in [0.15, 0.2) is 5.60 Å². The third kappa shape index (κ3) is 5.04. The average Bonchev–Trinajstić information content (AvgIpc) is 3.14. The Hall–Kier alpha value is -3.07. The summed E-state index contributed by atoms with van der Waals surface area (Å²) in [5, 5.41) is 11.3. The highest BCUT2D eigenvalue weighted by molar-refractivity contribution is 6.04. The minimum Gasteiger partial charge on any atom is -0.496 e. The number of hydrogen-bond donors (Lipinski definition) is 2. The van der Waals surface area contributed by atoms with Crippen LogP contribution in [0.2, 0.25) is 0 Å². The molecule has 2 aromatic carbocycles. The second-order valence-electron chi connectivity index (χ2n) is 8.89. The number of halogens is 4. The maximum absolute atomic E-state index is 14.2. The lowest BCUT2D eigenvalue weighted by Crippen LogP contribution is -2.51. The van der Waals surface area contributed by atoms with Crippen LogP contribution in [0, 0.1) is 5.82 Å². The maximum atomic E-state index is 14.2. The summed E-state index contributed by atoms with van der Waals surface area (Å²) in [4.78, 5) is 15.1. The second-order valence-corrected chi connectivity index (χ2v) is 8.89. The lowest BCUT2D eigenvalue weighted by Gasteiger charge is -2.38. The highest BCUT2D eigenvalue weighted by atomic mass is 19.4. The molecule has 184 valence electrons. The normalized spacial score (nSPS) is 14.1. The first-order valence-electron chi connectivity index (χ1n) is 10.7. The summed E-state index contributed by atoms with van der Waals surface area (Å²) in [6.45, 7) is 4.79. The fourth-order valence-electron chi connectivity index (χ4n) is 4.31.